The van der Waals surface area contributed by atoms with Gasteiger partial charge >= 0.3 is 6.18 Å². The number of hydrogen-bond donors (Lipinski definition) is 2. The lowest BCUT2D eigenvalue weighted by molar-refractivity contribution is -0.141. The Morgan fingerprint density at radius 3 is 2.43 bits per heavy atom. The first kappa shape index (κ1) is 22.3. The van der Waals surface area contributed by atoms with Crippen molar-refractivity contribution < 1.29 is 27.8 Å². The molecule has 5 nitrogen and oxygen atoms in total. The molecule has 10 heteroatoms. The smallest absolute Gasteiger partial charge is 0.417 e. The molecular formula is C18H17Cl2F3N2O3. The highest BCUT2D eigenvalue weighted by Gasteiger charge is 2.37. The molecule has 152 valence electrons. The Morgan fingerprint density at radius 1 is 1.21 bits per heavy atom. The summed E-state index contributed by atoms with van der Waals surface area (Å²) in [5.74, 6) is -0.879. The van der Waals surface area contributed by atoms with E-state index in [1.165, 1.54) is 25.3 Å². The Kier molecular flexibility index (Phi) is 6.80. The van der Waals surface area contributed by atoms with Crippen LogP contribution in [0.3, 0.4) is 0 Å². The fourth-order valence-electron chi connectivity index (χ4n) is 2.53. The second-order valence-electron chi connectivity index (χ2n) is 5.92. The molecular weight excluding hydrogens is 420 g/mol. The second kappa shape index (κ2) is 8.55. The molecule has 1 atom stereocenters. The van der Waals surface area contributed by atoms with Gasteiger partial charge in [-0.15, -0.1) is 0 Å². The lowest BCUT2D eigenvalue weighted by Gasteiger charge is -2.26. The Labute approximate surface area is 169 Å². The summed E-state index contributed by atoms with van der Waals surface area (Å²) >= 11 is 11.8. The van der Waals surface area contributed by atoms with Crippen molar-refractivity contribution in [2.45, 2.75) is 31.7 Å². The molecule has 0 fully saturated rings. The van der Waals surface area contributed by atoms with Crippen LogP contribution < -0.4 is 10.1 Å². The fraction of sp³-hybridized carbons (Fsp3) is 0.333. The maximum atomic E-state index is 12.9. The number of carbonyl (C=O) groups is 1. The molecule has 0 aliphatic carbocycles. The molecule has 0 bridgehead atoms. The van der Waals surface area contributed by atoms with Crippen LogP contribution in [0.4, 0.5) is 13.2 Å². The quantitative estimate of drug-likeness (QED) is 0.706. The lowest BCUT2D eigenvalue weighted by Crippen LogP contribution is -2.43. The van der Waals surface area contributed by atoms with Crippen LogP contribution in [-0.2, 0) is 23.1 Å². The molecule has 0 aliphatic heterocycles. The maximum absolute atomic E-state index is 12.9. The average Bonchev–Trinajstić information content (AvgIpc) is 2.66. The number of pyridine rings is 1. The van der Waals surface area contributed by atoms with Gasteiger partial charge < -0.3 is 15.2 Å². The zero-order valence-corrected chi connectivity index (χ0v) is 16.4. The van der Waals surface area contributed by atoms with E-state index in [1.807, 2.05) is 0 Å². The number of methoxy groups -OCH3 is 1. The molecule has 0 spiro atoms. The summed E-state index contributed by atoms with van der Waals surface area (Å²) in [4.78, 5) is 16.2. The Bertz CT molecular complexity index is 878. The number of benzene rings is 1. The van der Waals surface area contributed by atoms with Crippen LogP contribution >= 0.6 is 23.2 Å². The van der Waals surface area contributed by atoms with E-state index in [9.17, 15) is 23.1 Å². The van der Waals surface area contributed by atoms with Crippen molar-refractivity contribution >= 4 is 29.1 Å². The summed E-state index contributed by atoms with van der Waals surface area (Å²) in [6.07, 6.45) is -3.96. The molecule has 1 aromatic heterocycles. The molecule has 1 amide bonds. The van der Waals surface area contributed by atoms with E-state index in [1.54, 1.807) is 6.92 Å². The second-order valence-corrected chi connectivity index (χ2v) is 6.73. The van der Waals surface area contributed by atoms with Crippen LogP contribution in [0.2, 0.25) is 10.0 Å². The third-order valence-corrected chi connectivity index (χ3v) is 4.91. The van der Waals surface area contributed by atoms with E-state index >= 15 is 0 Å². The monoisotopic (exact) mass is 436 g/mol. The third kappa shape index (κ3) is 4.68. The predicted octanol–water partition coefficient (Wildman–Crippen LogP) is 4.33. The molecule has 1 aromatic carbocycles. The van der Waals surface area contributed by atoms with Gasteiger partial charge in [-0.05, 0) is 30.2 Å². The normalized spacial score (nSPS) is 13.7. The van der Waals surface area contributed by atoms with Crippen LogP contribution in [0.25, 0.3) is 0 Å². The van der Waals surface area contributed by atoms with Gasteiger partial charge in [0.05, 0.1) is 22.7 Å². The number of alkyl halides is 3. The van der Waals surface area contributed by atoms with Crippen LogP contribution in [-0.4, -0.2) is 23.1 Å². The molecule has 28 heavy (non-hydrogen) atoms. The van der Waals surface area contributed by atoms with Gasteiger partial charge in [0.15, 0.2) is 5.60 Å². The summed E-state index contributed by atoms with van der Waals surface area (Å²) in [6.45, 7) is 1.25. The van der Waals surface area contributed by atoms with Crippen LogP contribution in [0.1, 0.15) is 30.0 Å². The first-order valence-corrected chi connectivity index (χ1v) is 8.84. The maximum Gasteiger partial charge on any atom is 0.417 e. The molecule has 2 aromatic rings. The number of halogens is 5. The van der Waals surface area contributed by atoms with Gasteiger partial charge in [-0.2, -0.15) is 13.2 Å². The minimum atomic E-state index is -4.59. The zero-order chi connectivity index (χ0) is 21.1. The molecule has 2 N–H and O–H groups in total. The number of ether oxygens (including phenoxy) is 1. The number of carbonyl (C=O) groups excluding carboxylic acids is 1. The van der Waals surface area contributed by atoms with Gasteiger partial charge in [-0.25, -0.2) is 4.98 Å². The van der Waals surface area contributed by atoms with Gasteiger partial charge in [0, 0.05) is 18.3 Å². The van der Waals surface area contributed by atoms with Gasteiger partial charge in [0.2, 0.25) is 5.88 Å². The highest BCUT2D eigenvalue weighted by Crippen LogP contribution is 2.33. The van der Waals surface area contributed by atoms with Crippen molar-refractivity contribution in [3.8, 4) is 5.88 Å². The first-order valence-electron chi connectivity index (χ1n) is 8.09. The number of aromatic nitrogens is 1. The van der Waals surface area contributed by atoms with Gasteiger partial charge in [-0.1, -0.05) is 36.2 Å². The number of rotatable bonds is 6. The Morgan fingerprint density at radius 2 is 1.89 bits per heavy atom. The molecule has 2 rings (SSSR count). The molecule has 1 heterocycles. The van der Waals surface area contributed by atoms with Crippen molar-refractivity contribution in [2.75, 3.05) is 7.11 Å². The highest BCUT2D eigenvalue weighted by molar-refractivity contribution is 6.42. The van der Waals surface area contributed by atoms with Crippen molar-refractivity contribution in [1.29, 1.82) is 0 Å². The van der Waals surface area contributed by atoms with Crippen molar-refractivity contribution in [2.24, 2.45) is 0 Å². The number of amides is 1. The highest BCUT2D eigenvalue weighted by atomic mass is 35.5. The standard InChI is InChI=1S/C18H17Cl2F3N2O3/c1-3-17(27,11-4-5-13(19)14(20)7-11)16(26)25-8-10-6-12(18(21,22)23)9-24-15(10)28-2/h4-7,9,27H,3,8H2,1-2H3,(H,25,26). The minimum absolute atomic E-state index is 0.00519. The Balaban J connectivity index is 2.27. The molecule has 1 unspecified atom stereocenters. The number of nitrogens with one attached hydrogen (secondary N) is 1. The largest absolute Gasteiger partial charge is 0.481 e. The van der Waals surface area contributed by atoms with Gasteiger partial charge in [0.25, 0.3) is 5.91 Å². The fourth-order valence-corrected chi connectivity index (χ4v) is 2.83. The van der Waals surface area contributed by atoms with Crippen molar-refractivity contribution in [3.63, 3.8) is 0 Å². The minimum Gasteiger partial charge on any atom is -0.481 e. The van der Waals surface area contributed by atoms with E-state index in [2.05, 4.69) is 10.3 Å². The van der Waals surface area contributed by atoms with Crippen LogP contribution in [0, 0.1) is 0 Å². The summed E-state index contributed by atoms with van der Waals surface area (Å²) in [6, 6.07) is 5.08. The average molecular weight is 437 g/mol. The lowest BCUT2D eigenvalue weighted by atomic mass is 9.90. The summed E-state index contributed by atoms with van der Waals surface area (Å²) in [7, 11) is 1.25. The van der Waals surface area contributed by atoms with E-state index in [0.717, 1.165) is 6.07 Å². The molecule has 0 aliphatic rings. The van der Waals surface area contributed by atoms with Crippen molar-refractivity contribution in [1.82, 2.24) is 10.3 Å². The van der Waals surface area contributed by atoms with Crippen LogP contribution in [0.5, 0.6) is 5.88 Å². The van der Waals surface area contributed by atoms with Crippen molar-refractivity contribution in [3.05, 3.63) is 57.2 Å². The first-order chi connectivity index (χ1) is 13.0. The number of aliphatic hydroxyl groups is 1. The number of nitrogens with zero attached hydrogens (tertiary/aromatic N) is 1. The summed E-state index contributed by atoms with van der Waals surface area (Å²) in [5, 5.41) is 13.7. The zero-order valence-electron chi connectivity index (χ0n) is 14.9. The predicted molar refractivity (Wildman–Crippen MR) is 98.3 cm³/mol. The molecule has 0 saturated heterocycles. The summed E-state index contributed by atoms with van der Waals surface area (Å²) in [5.41, 5.74) is -2.71. The topological polar surface area (TPSA) is 71.5 Å². The Hall–Kier alpha value is -2.03. The molecule has 0 saturated carbocycles. The van der Waals surface area contributed by atoms with Gasteiger partial charge in [-0.3, -0.25) is 4.79 Å². The summed E-state index contributed by atoms with van der Waals surface area (Å²) < 4.78 is 43.7. The molecule has 0 radical (unpaired) electrons. The SMILES string of the molecule is CCC(O)(C(=O)NCc1cc(C(F)(F)F)cnc1OC)c1ccc(Cl)c(Cl)c1. The van der Waals surface area contributed by atoms with E-state index in [4.69, 9.17) is 27.9 Å². The van der Waals surface area contributed by atoms with Gasteiger partial charge in [0.1, 0.15) is 0 Å². The van der Waals surface area contributed by atoms with Crippen LogP contribution in [0.15, 0.2) is 30.5 Å². The third-order valence-electron chi connectivity index (χ3n) is 4.17. The van der Waals surface area contributed by atoms with E-state index in [-0.39, 0.29) is 40.0 Å². The van der Waals surface area contributed by atoms with E-state index in [0.29, 0.717) is 6.20 Å². The number of hydrogen-bond acceptors (Lipinski definition) is 4. The van der Waals surface area contributed by atoms with E-state index < -0.39 is 23.2 Å².